The molecule has 2 rings (SSSR count). The first kappa shape index (κ1) is 16.3. The molecule has 1 aromatic heterocycles. The summed E-state index contributed by atoms with van der Waals surface area (Å²) in [7, 11) is 0. The Morgan fingerprint density at radius 3 is 2.55 bits per heavy atom. The normalized spacial score (nSPS) is 12.4. The van der Waals surface area contributed by atoms with E-state index in [9.17, 15) is 4.79 Å². The average molecular weight is 300 g/mol. The van der Waals surface area contributed by atoms with Crippen molar-refractivity contribution in [2.45, 2.75) is 52.5 Å². The largest absolute Gasteiger partial charge is 0.360 e. The molecule has 1 amide bonds. The quantitative estimate of drug-likeness (QED) is 0.881. The predicted octanol–water partition coefficient (Wildman–Crippen LogP) is 3.86. The Hall–Kier alpha value is -2.10. The summed E-state index contributed by atoms with van der Waals surface area (Å²) in [6, 6.07) is 10.4. The van der Waals surface area contributed by atoms with Crippen molar-refractivity contribution in [2.75, 3.05) is 0 Å². The Bertz CT molecular complexity index is 617. The summed E-state index contributed by atoms with van der Waals surface area (Å²) in [6.45, 7) is 7.82. The van der Waals surface area contributed by atoms with E-state index in [-0.39, 0.29) is 17.9 Å². The van der Waals surface area contributed by atoms with Crippen LogP contribution in [-0.2, 0) is 6.42 Å². The van der Waals surface area contributed by atoms with Gasteiger partial charge in [0, 0.05) is 12.0 Å². The number of carbonyl (C=O) groups excluding carboxylic acids is 1. The number of rotatable bonds is 6. The van der Waals surface area contributed by atoms with Crippen molar-refractivity contribution in [1.29, 1.82) is 0 Å². The molecule has 4 heteroatoms. The third-order valence-electron chi connectivity index (χ3n) is 3.73. The molecule has 0 spiro atoms. The van der Waals surface area contributed by atoms with Crippen molar-refractivity contribution in [3.63, 3.8) is 0 Å². The molecule has 0 aliphatic rings. The molecular weight excluding hydrogens is 276 g/mol. The van der Waals surface area contributed by atoms with Crippen molar-refractivity contribution in [1.82, 2.24) is 10.5 Å². The van der Waals surface area contributed by atoms with Crippen LogP contribution in [0.5, 0.6) is 0 Å². The highest BCUT2D eigenvalue weighted by Crippen LogP contribution is 2.22. The molecule has 0 aliphatic carbocycles. The summed E-state index contributed by atoms with van der Waals surface area (Å²) in [5, 5.41) is 6.97. The van der Waals surface area contributed by atoms with Crippen LogP contribution in [0.2, 0.25) is 0 Å². The molecule has 0 bridgehead atoms. The van der Waals surface area contributed by atoms with Crippen molar-refractivity contribution < 1.29 is 9.32 Å². The highest BCUT2D eigenvalue weighted by Gasteiger charge is 2.23. The standard InChI is InChI=1S/C18H24N2O2/c1-12(2)17-16(14(4)20-22-17)18(21)19-13(3)10-11-15-8-6-5-7-9-15/h5-9,12-13H,10-11H2,1-4H3,(H,19,21)/t13-/m0/s1. The first-order valence-electron chi connectivity index (χ1n) is 7.80. The Labute approximate surface area is 131 Å². The molecule has 22 heavy (non-hydrogen) atoms. The third-order valence-corrected chi connectivity index (χ3v) is 3.73. The molecule has 4 nitrogen and oxygen atoms in total. The van der Waals surface area contributed by atoms with Gasteiger partial charge in [0.05, 0.1) is 5.69 Å². The number of aromatic nitrogens is 1. The minimum Gasteiger partial charge on any atom is -0.360 e. The number of nitrogens with zero attached hydrogens (tertiary/aromatic N) is 1. The van der Waals surface area contributed by atoms with Crippen molar-refractivity contribution in [2.24, 2.45) is 0 Å². The van der Waals surface area contributed by atoms with Gasteiger partial charge in [0.25, 0.3) is 5.91 Å². The van der Waals surface area contributed by atoms with E-state index >= 15 is 0 Å². The van der Waals surface area contributed by atoms with Gasteiger partial charge in [0.1, 0.15) is 5.56 Å². The number of hydrogen-bond donors (Lipinski definition) is 1. The molecule has 2 aromatic rings. The molecule has 0 saturated carbocycles. The van der Waals surface area contributed by atoms with Gasteiger partial charge >= 0.3 is 0 Å². The zero-order valence-corrected chi connectivity index (χ0v) is 13.7. The van der Waals surface area contributed by atoms with Crippen molar-refractivity contribution in [3.8, 4) is 0 Å². The zero-order valence-electron chi connectivity index (χ0n) is 13.7. The summed E-state index contributed by atoms with van der Waals surface area (Å²) in [5.41, 5.74) is 2.52. The number of carbonyl (C=O) groups is 1. The van der Waals surface area contributed by atoms with E-state index in [1.165, 1.54) is 5.56 Å². The molecular formula is C18H24N2O2. The van der Waals surface area contributed by atoms with Crippen LogP contribution in [0, 0.1) is 6.92 Å². The van der Waals surface area contributed by atoms with Gasteiger partial charge < -0.3 is 9.84 Å². The topological polar surface area (TPSA) is 55.1 Å². The molecule has 1 heterocycles. The fraction of sp³-hybridized carbons (Fsp3) is 0.444. The van der Waals surface area contributed by atoms with Crippen molar-refractivity contribution in [3.05, 3.63) is 52.9 Å². The van der Waals surface area contributed by atoms with E-state index in [0.717, 1.165) is 12.8 Å². The second-order valence-corrected chi connectivity index (χ2v) is 6.06. The van der Waals surface area contributed by atoms with E-state index in [4.69, 9.17) is 4.52 Å². The number of nitrogens with one attached hydrogen (secondary N) is 1. The molecule has 1 atom stereocenters. The molecule has 0 unspecified atom stereocenters. The molecule has 1 N–H and O–H groups in total. The second-order valence-electron chi connectivity index (χ2n) is 6.06. The predicted molar refractivity (Wildman–Crippen MR) is 87.0 cm³/mol. The fourth-order valence-corrected chi connectivity index (χ4v) is 2.45. The first-order chi connectivity index (χ1) is 10.5. The Balaban J connectivity index is 1.95. The summed E-state index contributed by atoms with van der Waals surface area (Å²) in [6.07, 6.45) is 1.85. The maximum Gasteiger partial charge on any atom is 0.257 e. The van der Waals surface area contributed by atoms with Crippen LogP contribution in [0.1, 0.15) is 60.5 Å². The number of benzene rings is 1. The lowest BCUT2D eigenvalue weighted by Crippen LogP contribution is -2.33. The van der Waals surface area contributed by atoms with Gasteiger partial charge in [0.2, 0.25) is 0 Å². The van der Waals surface area contributed by atoms with Gasteiger partial charge in [-0.25, -0.2) is 0 Å². The monoisotopic (exact) mass is 300 g/mol. The molecule has 0 fully saturated rings. The summed E-state index contributed by atoms with van der Waals surface area (Å²) >= 11 is 0. The Kier molecular flexibility index (Phi) is 5.36. The van der Waals surface area contributed by atoms with Crippen LogP contribution >= 0.6 is 0 Å². The lowest BCUT2D eigenvalue weighted by molar-refractivity contribution is 0.0935. The van der Waals surface area contributed by atoms with Crippen LogP contribution in [-0.4, -0.2) is 17.1 Å². The summed E-state index contributed by atoms with van der Waals surface area (Å²) < 4.78 is 5.28. The van der Waals surface area contributed by atoms with Gasteiger partial charge in [-0.3, -0.25) is 4.79 Å². The summed E-state index contributed by atoms with van der Waals surface area (Å²) in [5.74, 6) is 0.704. The van der Waals surface area contributed by atoms with E-state index in [1.54, 1.807) is 6.92 Å². The highest BCUT2D eigenvalue weighted by molar-refractivity contribution is 5.96. The van der Waals surface area contributed by atoms with E-state index in [2.05, 4.69) is 22.6 Å². The average Bonchev–Trinajstić information content (AvgIpc) is 2.88. The summed E-state index contributed by atoms with van der Waals surface area (Å²) in [4.78, 5) is 12.5. The Morgan fingerprint density at radius 2 is 1.91 bits per heavy atom. The Morgan fingerprint density at radius 1 is 1.23 bits per heavy atom. The lowest BCUT2D eigenvalue weighted by atomic mass is 10.0. The van der Waals surface area contributed by atoms with Crippen molar-refractivity contribution >= 4 is 5.91 Å². The van der Waals surface area contributed by atoms with Gasteiger partial charge in [0.15, 0.2) is 5.76 Å². The fourth-order valence-electron chi connectivity index (χ4n) is 2.45. The zero-order chi connectivity index (χ0) is 16.1. The lowest BCUT2D eigenvalue weighted by Gasteiger charge is -2.14. The van der Waals surface area contributed by atoms with Gasteiger partial charge in [-0.1, -0.05) is 49.3 Å². The maximum atomic E-state index is 12.5. The van der Waals surface area contributed by atoms with Crippen LogP contribution in [0.4, 0.5) is 0 Å². The molecule has 0 aliphatic heterocycles. The third kappa shape index (κ3) is 3.97. The number of aryl methyl sites for hydroxylation is 2. The first-order valence-corrected chi connectivity index (χ1v) is 7.80. The maximum absolute atomic E-state index is 12.5. The smallest absolute Gasteiger partial charge is 0.257 e. The van der Waals surface area contributed by atoms with Crippen LogP contribution < -0.4 is 5.32 Å². The molecule has 0 radical (unpaired) electrons. The van der Waals surface area contributed by atoms with Gasteiger partial charge in [-0.05, 0) is 32.3 Å². The van der Waals surface area contributed by atoms with E-state index in [1.807, 2.05) is 39.0 Å². The number of amides is 1. The van der Waals surface area contributed by atoms with E-state index in [0.29, 0.717) is 17.0 Å². The molecule has 0 saturated heterocycles. The second kappa shape index (κ2) is 7.25. The van der Waals surface area contributed by atoms with E-state index < -0.39 is 0 Å². The minimum absolute atomic E-state index is 0.0944. The molecule has 1 aromatic carbocycles. The molecule has 118 valence electrons. The number of hydrogen-bond acceptors (Lipinski definition) is 3. The van der Waals surface area contributed by atoms with Gasteiger partial charge in [-0.15, -0.1) is 0 Å². The SMILES string of the molecule is Cc1noc(C(C)C)c1C(=O)N[C@@H](C)CCc1ccccc1. The van der Waals surface area contributed by atoms with Crippen LogP contribution in [0.3, 0.4) is 0 Å². The highest BCUT2D eigenvalue weighted by atomic mass is 16.5. The minimum atomic E-state index is -0.0944. The van der Waals surface area contributed by atoms with Crippen LogP contribution in [0.15, 0.2) is 34.9 Å². The van der Waals surface area contributed by atoms with Gasteiger partial charge in [-0.2, -0.15) is 0 Å². The van der Waals surface area contributed by atoms with Crippen LogP contribution in [0.25, 0.3) is 0 Å².